The third kappa shape index (κ3) is 4.36. The number of benzene rings is 2. The van der Waals surface area contributed by atoms with Gasteiger partial charge in [-0.1, -0.05) is 12.1 Å². The van der Waals surface area contributed by atoms with Crippen LogP contribution in [0.25, 0.3) is 16.7 Å². The molecule has 33 heavy (non-hydrogen) atoms. The maximum Gasteiger partial charge on any atom is 0.261 e. The maximum atomic E-state index is 12.8. The van der Waals surface area contributed by atoms with E-state index in [4.69, 9.17) is 14.2 Å². The van der Waals surface area contributed by atoms with Crippen LogP contribution in [0.1, 0.15) is 12.0 Å². The molecule has 1 amide bonds. The number of aryl methyl sites for hydroxylation is 1. The number of hydrogen-bond donors (Lipinski definition) is 2. The number of carbonyl (C=O) groups is 1. The first kappa shape index (κ1) is 21.9. The highest BCUT2D eigenvalue weighted by molar-refractivity contribution is 5.93. The highest BCUT2D eigenvalue weighted by Gasteiger charge is 2.16. The van der Waals surface area contributed by atoms with Crippen LogP contribution < -0.4 is 25.1 Å². The lowest BCUT2D eigenvalue weighted by atomic mass is 10.1. The zero-order chi connectivity index (χ0) is 23.4. The van der Waals surface area contributed by atoms with Crippen molar-refractivity contribution >= 4 is 22.6 Å². The number of carbonyl (C=O) groups excluding carboxylic acids is 1. The molecule has 2 heterocycles. The Kier molecular flexibility index (Phi) is 6.25. The zero-order valence-electron chi connectivity index (χ0n) is 18.4. The fourth-order valence-electron chi connectivity index (χ4n) is 3.55. The Morgan fingerprint density at radius 1 is 1.09 bits per heavy atom. The van der Waals surface area contributed by atoms with Crippen LogP contribution in [0.3, 0.4) is 0 Å². The molecule has 0 atom stereocenters. The molecule has 0 bridgehead atoms. The van der Waals surface area contributed by atoms with Crippen LogP contribution >= 0.6 is 0 Å². The normalized spacial score (nSPS) is 10.8. The molecule has 0 aliphatic heterocycles. The largest absolute Gasteiger partial charge is 0.493 e. The highest BCUT2D eigenvalue weighted by atomic mass is 16.5. The molecule has 0 unspecified atom stereocenters. The summed E-state index contributed by atoms with van der Waals surface area (Å²) in [6.07, 6.45) is 3.46. The maximum absolute atomic E-state index is 12.8. The van der Waals surface area contributed by atoms with Gasteiger partial charge in [-0.3, -0.25) is 9.59 Å². The van der Waals surface area contributed by atoms with Crippen LogP contribution in [0.4, 0.5) is 5.69 Å². The number of methoxy groups -OCH3 is 3. The smallest absolute Gasteiger partial charge is 0.261 e. The van der Waals surface area contributed by atoms with Crippen molar-refractivity contribution in [2.24, 2.45) is 0 Å². The van der Waals surface area contributed by atoms with E-state index in [2.05, 4.69) is 20.4 Å². The van der Waals surface area contributed by atoms with E-state index in [9.17, 15) is 9.59 Å². The second kappa shape index (κ2) is 9.43. The molecule has 2 aromatic carbocycles. The van der Waals surface area contributed by atoms with Gasteiger partial charge in [0.1, 0.15) is 5.39 Å². The molecule has 4 aromatic rings. The number of nitrogens with one attached hydrogen (secondary N) is 2. The van der Waals surface area contributed by atoms with Crippen molar-refractivity contribution in [1.29, 1.82) is 0 Å². The monoisotopic (exact) mass is 449 g/mol. The van der Waals surface area contributed by atoms with E-state index < -0.39 is 0 Å². The van der Waals surface area contributed by atoms with Gasteiger partial charge in [-0.15, -0.1) is 0 Å². The van der Waals surface area contributed by atoms with Crippen molar-refractivity contribution in [3.63, 3.8) is 0 Å². The molecule has 10 nitrogen and oxygen atoms in total. The molecule has 2 aromatic heterocycles. The number of para-hydroxylation sites is 2. The van der Waals surface area contributed by atoms with Crippen LogP contribution in [0, 0.1) is 0 Å². The first-order valence-corrected chi connectivity index (χ1v) is 10.1. The molecule has 2 N–H and O–H groups in total. The Balaban J connectivity index is 1.54. The van der Waals surface area contributed by atoms with Crippen molar-refractivity contribution in [2.75, 3.05) is 26.6 Å². The number of fused-ring (bicyclic) bond motifs is 1. The van der Waals surface area contributed by atoms with Crippen molar-refractivity contribution < 1.29 is 19.0 Å². The first-order valence-electron chi connectivity index (χ1n) is 10.1. The van der Waals surface area contributed by atoms with Crippen molar-refractivity contribution in [3.8, 4) is 22.9 Å². The van der Waals surface area contributed by atoms with Gasteiger partial charge < -0.3 is 24.5 Å². The van der Waals surface area contributed by atoms with Gasteiger partial charge in [0.25, 0.3) is 5.56 Å². The number of hydrogen-bond acceptors (Lipinski definition) is 7. The van der Waals surface area contributed by atoms with Crippen LogP contribution in [-0.2, 0) is 11.2 Å². The number of anilines is 1. The van der Waals surface area contributed by atoms with E-state index in [0.29, 0.717) is 46.1 Å². The lowest BCUT2D eigenvalue weighted by molar-refractivity contribution is -0.116. The molecule has 0 fully saturated rings. The average molecular weight is 449 g/mol. The summed E-state index contributed by atoms with van der Waals surface area (Å²) < 4.78 is 17.6. The molecular formula is C23H23N5O5. The number of ether oxygens (including phenoxy) is 3. The van der Waals surface area contributed by atoms with Gasteiger partial charge in [-0.25, -0.2) is 9.67 Å². The van der Waals surface area contributed by atoms with Crippen molar-refractivity contribution in [3.05, 3.63) is 64.8 Å². The summed E-state index contributed by atoms with van der Waals surface area (Å²) >= 11 is 0. The average Bonchev–Trinajstić information content (AvgIpc) is 3.27. The minimum Gasteiger partial charge on any atom is -0.493 e. The molecule has 10 heteroatoms. The van der Waals surface area contributed by atoms with E-state index in [1.165, 1.54) is 17.2 Å². The van der Waals surface area contributed by atoms with E-state index in [0.717, 1.165) is 5.56 Å². The van der Waals surface area contributed by atoms with Gasteiger partial charge in [-0.2, -0.15) is 5.10 Å². The summed E-state index contributed by atoms with van der Waals surface area (Å²) in [4.78, 5) is 31.5. The third-order valence-electron chi connectivity index (χ3n) is 5.14. The quantitative estimate of drug-likeness (QED) is 0.424. The number of aromatic nitrogens is 4. The SMILES string of the molecule is COc1cc(CCC(=O)Nc2ccccc2-n2ncc3c(=O)[nH]cnc32)cc(OC)c1OC. The van der Waals surface area contributed by atoms with Crippen LogP contribution in [0.15, 0.2) is 53.7 Å². The standard InChI is InChI=1S/C23H23N5O5/c1-31-18-10-14(11-19(32-2)21(18)33-3)8-9-20(29)27-16-6-4-5-7-17(16)28-22-15(12-26-28)23(30)25-13-24-22/h4-7,10-13H,8-9H2,1-3H3,(H,27,29)(H,24,25,30). The Bertz CT molecular complexity index is 1340. The molecule has 4 rings (SSSR count). The molecule has 0 aliphatic carbocycles. The predicted molar refractivity (Wildman–Crippen MR) is 123 cm³/mol. The Hall–Kier alpha value is -4.34. The summed E-state index contributed by atoms with van der Waals surface area (Å²) in [6, 6.07) is 10.8. The second-order valence-electron chi connectivity index (χ2n) is 7.12. The van der Waals surface area contributed by atoms with E-state index >= 15 is 0 Å². The molecule has 0 spiro atoms. The minimum absolute atomic E-state index is 0.182. The van der Waals surface area contributed by atoms with Crippen molar-refractivity contribution in [2.45, 2.75) is 12.8 Å². The lowest BCUT2D eigenvalue weighted by Gasteiger charge is -2.14. The zero-order valence-corrected chi connectivity index (χ0v) is 18.4. The topological polar surface area (TPSA) is 120 Å². The van der Waals surface area contributed by atoms with Crippen LogP contribution in [0.2, 0.25) is 0 Å². The number of amides is 1. The van der Waals surface area contributed by atoms with Gasteiger partial charge in [0, 0.05) is 6.42 Å². The number of rotatable bonds is 8. The van der Waals surface area contributed by atoms with Gasteiger partial charge in [0.2, 0.25) is 11.7 Å². The summed E-state index contributed by atoms with van der Waals surface area (Å²) in [5.41, 5.74) is 2.15. The van der Waals surface area contributed by atoms with E-state index in [1.807, 2.05) is 24.3 Å². The van der Waals surface area contributed by atoms with Gasteiger partial charge in [0.15, 0.2) is 17.1 Å². The summed E-state index contributed by atoms with van der Waals surface area (Å²) in [5.74, 6) is 1.38. The molecule has 0 radical (unpaired) electrons. The molecule has 0 saturated carbocycles. The van der Waals surface area contributed by atoms with Crippen LogP contribution in [-0.4, -0.2) is 47.0 Å². The van der Waals surface area contributed by atoms with Gasteiger partial charge in [-0.05, 0) is 36.2 Å². The summed E-state index contributed by atoms with van der Waals surface area (Å²) in [5, 5.41) is 7.58. The first-order chi connectivity index (χ1) is 16.0. The van der Waals surface area contributed by atoms with Crippen LogP contribution in [0.5, 0.6) is 17.2 Å². The Morgan fingerprint density at radius 3 is 2.52 bits per heavy atom. The fourth-order valence-corrected chi connectivity index (χ4v) is 3.55. The third-order valence-corrected chi connectivity index (χ3v) is 5.14. The van der Waals surface area contributed by atoms with Gasteiger partial charge >= 0.3 is 0 Å². The fraction of sp³-hybridized carbons (Fsp3) is 0.217. The molecular weight excluding hydrogens is 426 g/mol. The predicted octanol–water partition coefficient (Wildman–Crippen LogP) is 2.71. The highest BCUT2D eigenvalue weighted by Crippen LogP contribution is 2.38. The number of H-pyrrole nitrogens is 1. The molecule has 0 aliphatic rings. The van der Waals surface area contributed by atoms with E-state index in [-0.39, 0.29) is 17.9 Å². The second-order valence-corrected chi connectivity index (χ2v) is 7.12. The number of aromatic amines is 1. The molecule has 0 saturated heterocycles. The van der Waals surface area contributed by atoms with Crippen molar-refractivity contribution in [1.82, 2.24) is 19.7 Å². The molecule has 170 valence electrons. The van der Waals surface area contributed by atoms with E-state index in [1.54, 1.807) is 33.5 Å². The lowest BCUT2D eigenvalue weighted by Crippen LogP contribution is -2.15. The minimum atomic E-state index is -0.280. The summed E-state index contributed by atoms with van der Waals surface area (Å²) in [6.45, 7) is 0. The summed E-state index contributed by atoms with van der Waals surface area (Å²) in [7, 11) is 4.64. The Labute approximate surface area is 189 Å². The number of nitrogens with zero attached hydrogens (tertiary/aromatic N) is 3. The van der Waals surface area contributed by atoms with Gasteiger partial charge in [0.05, 0.1) is 45.2 Å². The Morgan fingerprint density at radius 2 is 1.82 bits per heavy atom.